The van der Waals surface area contributed by atoms with Gasteiger partial charge in [0.25, 0.3) is 0 Å². The molecule has 0 aliphatic heterocycles. The van der Waals surface area contributed by atoms with Crippen molar-refractivity contribution in [2.24, 2.45) is 0 Å². The lowest BCUT2D eigenvalue weighted by Crippen LogP contribution is -2.10. The van der Waals surface area contributed by atoms with E-state index in [1.54, 1.807) is 5.38 Å². The summed E-state index contributed by atoms with van der Waals surface area (Å²) in [5, 5.41) is 11.7. The first-order valence-electron chi connectivity index (χ1n) is 5.22. The van der Waals surface area contributed by atoms with E-state index in [1.165, 1.54) is 16.9 Å². The zero-order chi connectivity index (χ0) is 11.8. The Hall–Kier alpha value is -1.35. The highest BCUT2D eigenvalue weighted by Gasteiger charge is 2.13. The Morgan fingerprint density at radius 1 is 1.12 bits per heavy atom. The van der Waals surface area contributed by atoms with E-state index in [0.29, 0.717) is 0 Å². The van der Waals surface area contributed by atoms with Crippen LogP contribution in [0.1, 0.15) is 26.3 Å². The largest absolute Gasteiger partial charge is 0.493 e. The average Bonchev–Trinajstić information content (AvgIpc) is 2.64. The summed E-state index contributed by atoms with van der Waals surface area (Å²) >= 11 is 1.45. The van der Waals surface area contributed by atoms with Crippen molar-refractivity contribution in [1.29, 1.82) is 0 Å². The van der Waals surface area contributed by atoms with Gasteiger partial charge in [0, 0.05) is 5.56 Å². The molecular weight excluding hydrogens is 218 g/mol. The van der Waals surface area contributed by atoms with Crippen molar-refractivity contribution in [1.82, 2.24) is 4.98 Å². The van der Waals surface area contributed by atoms with Crippen LogP contribution in [-0.4, -0.2) is 10.1 Å². The van der Waals surface area contributed by atoms with Gasteiger partial charge < -0.3 is 5.11 Å². The lowest BCUT2D eigenvalue weighted by Gasteiger charge is -2.18. The van der Waals surface area contributed by atoms with Crippen LogP contribution in [0.4, 0.5) is 0 Å². The summed E-state index contributed by atoms with van der Waals surface area (Å²) in [7, 11) is 0. The topological polar surface area (TPSA) is 33.1 Å². The molecule has 2 aromatic rings. The summed E-state index contributed by atoms with van der Waals surface area (Å²) in [5.74, 6) is 0.0971. The van der Waals surface area contributed by atoms with Crippen LogP contribution in [-0.2, 0) is 5.41 Å². The molecule has 16 heavy (non-hydrogen) atoms. The molecule has 0 bridgehead atoms. The molecule has 0 fully saturated rings. The van der Waals surface area contributed by atoms with Crippen LogP contribution in [0.3, 0.4) is 0 Å². The van der Waals surface area contributed by atoms with Crippen LogP contribution in [0.2, 0.25) is 0 Å². The van der Waals surface area contributed by atoms with Gasteiger partial charge in [0.2, 0.25) is 5.88 Å². The minimum atomic E-state index is 0.0971. The number of hydrogen-bond donors (Lipinski definition) is 1. The van der Waals surface area contributed by atoms with E-state index in [4.69, 9.17) is 0 Å². The van der Waals surface area contributed by atoms with Crippen molar-refractivity contribution in [3.05, 3.63) is 35.2 Å². The molecular formula is C13H15NOS. The number of thiazole rings is 1. The second kappa shape index (κ2) is 3.91. The van der Waals surface area contributed by atoms with E-state index in [0.717, 1.165) is 10.6 Å². The summed E-state index contributed by atoms with van der Waals surface area (Å²) in [6.07, 6.45) is 0. The maximum Gasteiger partial charge on any atom is 0.222 e. The van der Waals surface area contributed by atoms with E-state index in [1.807, 2.05) is 0 Å². The van der Waals surface area contributed by atoms with Crippen molar-refractivity contribution in [3.63, 3.8) is 0 Å². The highest BCUT2D eigenvalue weighted by molar-refractivity contribution is 7.13. The highest BCUT2D eigenvalue weighted by atomic mass is 32.1. The smallest absolute Gasteiger partial charge is 0.222 e. The van der Waals surface area contributed by atoms with Gasteiger partial charge in [0.1, 0.15) is 5.01 Å². The molecule has 0 atom stereocenters. The maximum absolute atomic E-state index is 9.20. The van der Waals surface area contributed by atoms with E-state index >= 15 is 0 Å². The van der Waals surface area contributed by atoms with Gasteiger partial charge in [-0.05, 0) is 11.0 Å². The monoisotopic (exact) mass is 233 g/mol. The van der Waals surface area contributed by atoms with Crippen LogP contribution in [0.25, 0.3) is 10.6 Å². The van der Waals surface area contributed by atoms with E-state index < -0.39 is 0 Å². The molecule has 1 N–H and O–H groups in total. The molecule has 0 aliphatic rings. The Morgan fingerprint density at radius 2 is 1.75 bits per heavy atom. The summed E-state index contributed by atoms with van der Waals surface area (Å²) in [6.45, 7) is 6.58. The second-order valence-corrected chi connectivity index (χ2v) is 5.70. The van der Waals surface area contributed by atoms with Gasteiger partial charge in [-0.15, -0.1) is 11.3 Å². The normalized spacial score (nSPS) is 11.7. The molecule has 0 unspecified atom stereocenters. The Bertz CT molecular complexity index is 479. The summed E-state index contributed by atoms with van der Waals surface area (Å²) in [4.78, 5) is 4.05. The lowest BCUT2D eigenvalue weighted by atomic mass is 9.87. The second-order valence-electron chi connectivity index (χ2n) is 4.84. The molecule has 1 aromatic carbocycles. The third-order valence-electron chi connectivity index (χ3n) is 2.49. The molecule has 2 nitrogen and oxygen atoms in total. The fraction of sp³-hybridized carbons (Fsp3) is 0.308. The highest BCUT2D eigenvalue weighted by Crippen LogP contribution is 2.29. The molecule has 84 valence electrons. The molecule has 1 aromatic heterocycles. The summed E-state index contributed by atoms with van der Waals surface area (Å²) in [5.41, 5.74) is 2.53. The van der Waals surface area contributed by atoms with Crippen LogP contribution < -0.4 is 0 Å². The number of aromatic nitrogens is 1. The fourth-order valence-corrected chi connectivity index (χ4v) is 2.20. The molecule has 0 spiro atoms. The maximum atomic E-state index is 9.20. The minimum Gasteiger partial charge on any atom is -0.493 e. The van der Waals surface area contributed by atoms with Crippen molar-refractivity contribution in [2.45, 2.75) is 26.2 Å². The first-order chi connectivity index (χ1) is 7.47. The first-order valence-corrected chi connectivity index (χ1v) is 6.10. The van der Waals surface area contributed by atoms with E-state index in [2.05, 4.69) is 50.0 Å². The standard InChI is InChI=1S/C13H15NOS/c1-13(2,3)10-6-4-9(5-7-10)12-14-11(15)8-16-12/h4-8,15H,1-3H3. The number of nitrogens with zero attached hydrogens (tertiary/aromatic N) is 1. The van der Waals surface area contributed by atoms with Gasteiger partial charge in [-0.3, -0.25) is 0 Å². The molecule has 0 amide bonds. The molecule has 0 saturated carbocycles. The van der Waals surface area contributed by atoms with Crippen LogP contribution in [0.15, 0.2) is 29.6 Å². The van der Waals surface area contributed by atoms with E-state index in [-0.39, 0.29) is 11.3 Å². The SMILES string of the molecule is CC(C)(C)c1ccc(-c2nc(O)cs2)cc1. The van der Waals surface area contributed by atoms with Gasteiger partial charge in [0.05, 0.1) is 5.38 Å². The summed E-state index contributed by atoms with van der Waals surface area (Å²) in [6, 6.07) is 8.35. The molecule has 1 heterocycles. The van der Waals surface area contributed by atoms with Crippen molar-refractivity contribution < 1.29 is 5.11 Å². The van der Waals surface area contributed by atoms with Crippen LogP contribution >= 0.6 is 11.3 Å². The van der Waals surface area contributed by atoms with Crippen molar-refractivity contribution in [3.8, 4) is 16.5 Å². The van der Waals surface area contributed by atoms with Crippen LogP contribution in [0.5, 0.6) is 5.88 Å². The van der Waals surface area contributed by atoms with Gasteiger partial charge in [-0.1, -0.05) is 45.0 Å². The number of aromatic hydroxyl groups is 1. The summed E-state index contributed by atoms with van der Waals surface area (Å²) < 4.78 is 0. The number of benzene rings is 1. The number of rotatable bonds is 1. The van der Waals surface area contributed by atoms with Crippen LogP contribution in [0, 0.1) is 0 Å². The molecule has 0 radical (unpaired) electrons. The minimum absolute atomic E-state index is 0.0971. The Balaban J connectivity index is 2.33. The number of hydrogen-bond acceptors (Lipinski definition) is 3. The third kappa shape index (κ3) is 2.25. The predicted molar refractivity (Wildman–Crippen MR) is 67.9 cm³/mol. The lowest BCUT2D eigenvalue weighted by molar-refractivity contribution is 0.458. The zero-order valence-corrected chi connectivity index (χ0v) is 10.5. The van der Waals surface area contributed by atoms with Gasteiger partial charge >= 0.3 is 0 Å². The quantitative estimate of drug-likeness (QED) is 0.812. The van der Waals surface area contributed by atoms with E-state index in [9.17, 15) is 5.11 Å². The molecule has 3 heteroatoms. The zero-order valence-electron chi connectivity index (χ0n) is 9.69. The van der Waals surface area contributed by atoms with Gasteiger partial charge in [-0.25, -0.2) is 4.98 Å². The van der Waals surface area contributed by atoms with Crippen molar-refractivity contribution >= 4 is 11.3 Å². The molecule has 0 saturated heterocycles. The molecule has 0 aliphatic carbocycles. The fourth-order valence-electron chi connectivity index (χ4n) is 1.51. The van der Waals surface area contributed by atoms with Gasteiger partial charge in [-0.2, -0.15) is 0 Å². The predicted octanol–water partition coefficient (Wildman–Crippen LogP) is 3.81. The molecule has 2 rings (SSSR count). The third-order valence-corrected chi connectivity index (χ3v) is 3.37. The Morgan fingerprint density at radius 3 is 2.19 bits per heavy atom. The Labute approximate surface area is 99.6 Å². The first kappa shape index (κ1) is 11.1. The van der Waals surface area contributed by atoms with Gasteiger partial charge in [0.15, 0.2) is 0 Å². The Kier molecular flexibility index (Phi) is 2.72. The average molecular weight is 233 g/mol. The van der Waals surface area contributed by atoms with Crippen molar-refractivity contribution in [2.75, 3.05) is 0 Å².